The predicted molar refractivity (Wildman–Crippen MR) is 118 cm³/mol. The van der Waals surface area contributed by atoms with Crippen molar-refractivity contribution in [3.05, 3.63) is 72.2 Å². The predicted octanol–water partition coefficient (Wildman–Crippen LogP) is 3.77. The number of carbonyl (C=O) groups excluding carboxylic acids is 1. The van der Waals surface area contributed by atoms with E-state index in [4.69, 9.17) is 9.26 Å². The van der Waals surface area contributed by atoms with Crippen LogP contribution in [0.4, 0.5) is 0 Å². The fourth-order valence-electron chi connectivity index (χ4n) is 3.20. The summed E-state index contributed by atoms with van der Waals surface area (Å²) >= 11 is 0. The first-order valence-corrected chi connectivity index (χ1v) is 10.4. The minimum absolute atomic E-state index is 0.185. The van der Waals surface area contributed by atoms with Gasteiger partial charge in [0, 0.05) is 24.4 Å². The molecule has 0 saturated carbocycles. The average molecular weight is 432 g/mol. The van der Waals surface area contributed by atoms with Crippen molar-refractivity contribution >= 4 is 5.91 Å². The molecule has 3 heterocycles. The highest BCUT2D eigenvalue weighted by molar-refractivity contribution is 5.92. The molecule has 1 atom stereocenters. The van der Waals surface area contributed by atoms with Crippen LogP contribution >= 0.6 is 0 Å². The SMILES string of the molecule is CCCc1noc(-c2ccnc(-n3cnc(C(=O)N[C@H](C)c4ccc(OC)cc4)c3)c2)n1. The number of ether oxygens (including phenoxy) is 1. The number of amides is 1. The first kappa shape index (κ1) is 21.2. The third kappa shape index (κ3) is 4.66. The van der Waals surface area contributed by atoms with Crippen molar-refractivity contribution in [1.82, 2.24) is 30.0 Å². The molecule has 0 spiro atoms. The van der Waals surface area contributed by atoms with Gasteiger partial charge in [-0.05, 0) is 43.2 Å². The summed E-state index contributed by atoms with van der Waals surface area (Å²) in [4.78, 5) is 25.7. The number of nitrogens with one attached hydrogen (secondary N) is 1. The van der Waals surface area contributed by atoms with Crippen LogP contribution in [-0.2, 0) is 6.42 Å². The van der Waals surface area contributed by atoms with Crippen LogP contribution in [0.1, 0.15) is 48.2 Å². The Morgan fingerprint density at radius 3 is 2.78 bits per heavy atom. The summed E-state index contributed by atoms with van der Waals surface area (Å²) in [6.45, 7) is 3.98. The minimum Gasteiger partial charge on any atom is -0.497 e. The molecule has 3 aromatic heterocycles. The zero-order chi connectivity index (χ0) is 22.5. The molecule has 1 N–H and O–H groups in total. The number of benzene rings is 1. The molecule has 32 heavy (non-hydrogen) atoms. The van der Waals surface area contributed by atoms with Crippen LogP contribution in [0.2, 0.25) is 0 Å². The van der Waals surface area contributed by atoms with Crippen molar-refractivity contribution < 1.29 is 14.1 Å². The highest BCUT2D eigenvalue weighted by Crippen LogP contribution is 2.20. The molecule has 0 aliphatic heterocycles. The molecule has 1 amide bonds. The topological polar surface area (TPSA) is 108 Å². The van der Waals surface area contributed by atoms with Gasteiger partial charge in [0.25, 0.3) is 11.8 Å². The number of pyridine rings is 1. The molecule has 0 radical (unpaired) electrons. The lowest BCUT2D eigenvalue weighted by atomic mass is 10.1. The Kier molecular flexibility index (Phi) is 6.25. The average Bonchev–Trinajstić information content (AvgIpc) is 3.50. The second-order valence-electron chi connectivity index (χ2n) is 7.30. The third-order valence-corrected chi connectivity index (χ3v) is 4.98. The maximum atomic E-state index is 12.7. The van der Waals surface area contributed by atoms with E-state index in [1.54, 1.807) is 36.5 Å². The van der Waals surface area contributed by atoms with Crippen LogP contribution in [0, 0.1) is 0 Å². The summed E-state index contributed by atoms with van der Waals surface area (Å²) < 4.78 is 12.2. The highest BCUT2D eigenvalue weighted by Gasteiger charge is 2.16. The van der Waals surface area contributed by atoms with Crippen LogP contribution in [0.15, 0.2) is 59.6 Å². The van der Waals surface area contributed by atoms with Gasteiger partial charge in [-0.1, -0.05) is 24.2 Å². The number of rotatable bonds is 8. The number of hydrogen-bond donors (Lipinski definition) is 1. The molecule has 0 saturated heterocycles. The van der Waals surface area contributed by atoms with Gasteiger partial charge < -0.3 is 14.6 Å². The number of nitrogens with zero attached hydrogens (tertiary/aromatic N) is 5. The molecule has 164 valence electrons. The zero-order valence-corrected chi connectivity index (χ0v) is 18.1. The molecule has 0 fully saturated rings. The number of hydrogen-bond acceptors (Lipinski definition) is 7. The number of imidazole rings is 1. The van der Waals surface area contributed by atoms with Crippen molar-refractivity contribution in [1.29, 1.82) is 0 Å². The van der Waals surface area contributed by atoms with E-state index >= 15 is 0 Å². The summed E-state index contributed by atoms with van der Waals surface area (Å²) in [5.74, 6) is 2.19. The van der Waals surface area contributed by atoms with E-state index in [0.29, 0.717) is 23.2 Å². The minimum atomic E-state index is -0.274. The fourth-order valence-corrected chi connectivity index (χ4v) is 3.20. The number of aryl methyl sites for hydroxylation is 1. The Balaban J connectivity index is 1.47. The van der Waals surface area contributed by atoms with Crippen LogP contribution in [0.3, 0.4) is 0 Å². The quantitative estimate of drug-likeness (QED) is 0.451. The van der Waals surface area contributed by atoms with Gasteiger partial charge in [-0.15, -0.1) is 0 Å². The molecule has 9 nitrogen and oxygen atoms in total. The van der Waals surface area contributed by atoms with Gasteiger partial charge in [0.2, 0.25) is 0 Å². The van der Waals surface area contributed by atoms with Crippen LogP contribution in [0.25, 0.3) is 17.3 Å². The molecule has 9 heteroatoms. The van der Waals surface area contributed by atoms with Crippen LogP contribution in [-0.4, -0.2) is 37.7 Å². The summed E-state index contributed by atoms with van der Waals surface area (Å²) in [6, 6.07) is 11.0. The van der Waals surface area contributed by atoms with Gasteiger partial charge in [-0.25, -0.2) is 9.97 Å². The molecule has 0 unspecified atom stereocenters. The summed E-state index contributed by atoms with van der Waals surface area (Å²) in [5, 5.41) is 6.95. The summed E-state index contributed by atoms with van der Waals surface area (Å²) in [5.41, 5.74) is 2.01. The van der Waals surface area contributed by atoms with Crippen molar-refractivity contribution in [2.45, 2.75) is 32.7 Å². The highest BCUT2D eigenvalue weighted by atomic mass is 16.5. The second kappa shape index (κ2) is 9.42. The number of carbonyl (C=O) groups is 1. The van der Waals surface area contributed by atoms with Crippen LogP contribution in [0.5, 0.6) is 5.75 Å². The second-order valence-corrected chi connectivity index (χ2v) is 7.30. The third-order valence-electron chi connectivity index (χ3n) is 4.98. The summed E-state index contributed by atoms with van der Waals surface area (Å²) in [6.07, 6.45) is 6.54. The monoisotopic (exact) mass is 432 g/mol. The zero-order valence-electron chi connectivity index (χ0n) is 18.1. The Morgan fingerprint density at radius 2 is 2.03 bits per heavy atom. The lowest BCUT2D eigenvalue weighted by Gasteiger charge is -2.13. The Hall–Kier alpha value is -4.01. The first-order valence-electron chi connectivity index (χ1n) is 10.4. The van der Waals surface area contributed by atoms with E-state index in [1.807, 2.05) is 37.3 Å². The standard InChI is InChI=1S/C23H24N6O3/c1-4-5-20-27-23(32-28-20)17-10-11-24-21(12-17)29-13-19(25-14-29)22(30)26-15(2)16-6-8-18(31-3)9-7-16/h6-15H,4-5H2,1-3H3,(H,26,30)/t15-/m1/s1. The molecule has 1 aromatic carbocycles. The van der Waals surface area contributed by atoms with Crippen molar-refractivity contribution in [3.8, 4) is 23.0 Å². The Labute approximate surface area is 185 Å². The van der Waals surface area contributed by atoms with Crippen molar-refractivity contribution in [2.75, 3.05) is 7.11 Å². The van der Waals surface area contributed by atoms with Crippen molar-refractivity contribution in [3.63, 3.8) is 0 Å². The van der Waals surface area contributed by atoms with Gasteiger partial charge in [0.15, 0.2) is 5.82 Å². The van der Waals surface area contributed by atoms with E-state index in [9.17, 15) is 4.79 Å². The van der Waals surface area contributed by atoms with E-state index in [-0.39, 0.29) is 11.9 Å². The molecule has 0 aliphatic carbocycles. The molecule has 4 rings (SSSR count). The normalized spacial score (nSPS) is 11.8. The summed E-state index contributed by atoms with van der Waals surface area (Å²) in [7, 11) is 1.62. The number of aromatic nitrogens is 5. The largest absolute Gasteiger partial charge is 0.497 e. The smallest absolute Gasteiger partial charge is 0.271 e. The number of methoxy groups -OCH3 is 1. The lowest BCUT2D eigenvalue weighted by Crippen LogP contribution is -2.26. The maximum absolute atomic E-state index is 12.7. The van der Waals surface area contributed by atoms with E-state index in [1.165, 1.54) is 0 Å². The Bertz CT molecular complexity index is 1200. The van der Waals surface area contributed by atoms with E-state index in [0.717, 1.165) is 29.7 Å². The molecule has 0 bridgehead atoms. The van der Waals surface area contributed by atoms with Gasteiger partial charge in [0.1, 0.15) is 23.6 Å². The molecular weight excluding hydrogens is 408 g/mol. The van der Waals surface area contributed by atoms with E-state index in [2.05, 4.69) is 32.3 Å². The van der Waals surface area contributed by atoms with Gasteiger partial charge in [-0.2, -0.15) is 4.98 Å². The van der Waals surface area contributed by atoms with Crippen LogP contribution < -0.4 is 10.1 Å². The van der Waals surface area contributed by atoms with Gasteiger partial charge in [-0.3, -0.25) is 9.36 Å². The first-order chi connectivity index (χ1) is 15.6. The lowest BCUT2D eigenvalue weighted by molar-refractivity contribution is 0.0935. The Morgan fingerprint density at radius 1 is 1.22 bits per heavy atom. The molecule has 0 aliphatic rings. The molecular formula is C23H24N6O3. The van der Waals surface area contributed by atoms with Crippen molar-refractivity contribution in [2.24, 2.45) is 0 Å². The van der Waals surface area contributed by atoms with Gasteiger partial charge >= 0.3 is 0 Å². The fraction of sp³-hybridized carbons (Fsp3) is 0.261. The van der Waals surface area contributed by atoms with E-state index < -0.39 is 0 Å². The van der Waals surface area contributed by atoms with Gasteiger partial charge in [0.05, 0.1) is 13.2 Å². The molecule has 4 aromatic rings. The maximum Gasteiger partial charge on any atom is 0.271 e.